The first-order valence-corrected chi connectivity index (χ1v) is 5.16. The first-order chi connectivity index (χ1) is 5.74. The Labute approximate surface area is 76.3 Å². The smallest absolute Gasteiger partial charge is 0.00790 e. The van der Waals surface area contributed by atoms with Crippen molar-refractivity contribution in [3.05, 3.63) is 0 Å². The second kappa shape index (κ2) is 4.83. The predicted molar refractivity (Wildman–Crippen MR) is 53.4 cm³/mol. The Morgan fingerprint density at radius 3 is 2.92 bits per heavy atom. The van der Waals surface area contributed by atoms with Gasteiger partial charge in [-0.05, 0) is 45.8 Å². The second-order valence-corrected chi connectivity index (χ2v) is 4.01. The molecule has 72 valence electrons. The summed E-state index contributed by atoms with van der Waals surface area (Å²) in [6.07, 6.45) is 2.77. The van der Waals surface area contributed by atoms with Gasteiger partial charge in [0.15, 0.2) is 0 Å². The van der Waals surface area contributed by atoms with Gasteiger partial charge in [-0.15, -0.1) is 0 Å². The molecule has 0 aromatic carbocycles. The molecule has 1 N–H and O–H groups in total. The number of rotatable bonds is 3. The lowest BCUT2D eigenvalue weighted by Gasteiger charge is -2.33. The van der Waals surface area contributed by atoms with Crippen molar-refractivity contribution >= 4 is 0 Å². The highest BCUT2D eigenvalue weighted by atomic mass is 15.1. The van der Waals surface area contributed by atoms with Gasteiger partial charge in [0.1, 0.15) is 0 Å². The van der Waals surface area contributed by atoms with Crippen LogP contribution < -0.4 is 5.32 Å². The van der Waals surface area contributed by atoms with Crippen molar-refractivity contribution in [2.75, 3.05) is 26.7 Å². The van der Waals surface area contributed by atoms with E-state index in [0.717, 1.165) is 12.5 Å². The molecule has 2 nitrogen and oxygen atoms in total. The van der Waals surface area contributed by atoms with Crippen LogP contribution in [0.25, 0.3) is 0 Å². The highest BCUT2D eigenvalue weighted by Crippen LogP contribution is 2.18. The molecule has 0 aliphatic carbocycles. The first kappa shape index (κ1) is 10.0. The van der Waals surface area contributed by atoms with Gasteiger partial charge in [-0.3, -0.25) is 0 Å². The molecule has 0 aromatic rings. The summed E-state index contributed by atoms with van der Waals surface area (Å²) in [5.74, 6) is 0.865. The maximum atomic E-state index is 3.51. The Balaban J connectivity index is 2.29. The molecule has 0 amide bonds. The molecule has 1 rings (SSSR count). The summed E-state index contributed by atoms with van der Waals surface area (Å²) in [7, 11) is 2.23. The number of hydrogen-bond donors (Lipinski definition) is 1. The van der Waals surface area contributed by atoms with Crippen LogP contribution in [0.5, 0.6) is 0 Å². The zero-order chi connectivity index (χ0) is 8.97. The summed E-state index contributed by atoms with van der Waals surface area (Å²) in [5.41, 5.74) is 0. The van der Waals surface area contributed by atoms with Crippen LogP contribution in [0.15, 0.2) is 0 Å². The van der Waals surface area contributed by atoms with E-state index in [9.17, 15) is 0 Å². The predicted octanol–water partition coefficient (Wildman–Crippen LogP) is 1.33. The Morgan fingerprint density at radius 1 is 1.58 bits per heavy atom. The van der Waals surface area contributed by atoms with Crippen molar-refractivity contribution in [1.29, 1.82) is 0 Å². The number of nitrogens with one attached hydrogen (secondary N) is 1. The van der Waals surface area contributed by atoms with Gasteiger partial charge >= 0.3 is 0 Å². The van der Waals surface area contributed by atoms with Crippen LogP contribution in [0.3, 0.4) is 0 Å². The quantitative estimate of drug-likeness (QED) is 0.687. The Kier molecular flexibility index (Phi) is 4.02. The van der Waals surface area contributed by atoms with Crippen LogP contribution >= 0.6 is 0 Å². The Hall–Kier alpha value is -0.0800. The molecule has 0 spiro atoms. The highest BCUT2D eigenvalue weighted by Gasteiger charge is 2.21. The van der Waals surface area contributed by atoms with E-state index in [2.05, 4.69) is 31.1 Å². The third kappa shape index (κ3) is 2.76. The maximum Gasteiger partial charge on any atom is 0.00790 e. The molecule has 1 saturated heterocycles. The fraction of sp³-hybridized carbons (Fsp3) is 1.00. The van der Waals surface area contributed by atoms with Gasteiger partial charge in [0.2, 0.25) is 0 Å². The lowest BCUT2D eigenvalue weighted by molar-refractivity contribution is 0.180. The summed E-state index contributed by atoms with van der Waals surface area (Å²) in [4.78, 5) is 2.45. The van der Waals surface area contributed by atoms with Gasteiger partial charge in [0.05, 0.1) is 0 Å². The molecule has 0 bridgehead atoms. The maximum absolute atomic E-state index is 3.51. The monoisotopic (exact) mass is 170 g/mol. The van der Waals surface area contributed by atoms with Crippen molar-refractivity contribution in [3.8, 4) is 0 Å². The van der Waals surface area contributed by atoms with Crippen molar-refractivity contribution in [1.82, 2.24) is 10.2 Å². The minimum Gasteiger partial charge on any atom is -0.314 e. The average molecular weight is 170 g/mol. The van der Waals surface area contributed by atoms with Crippen LogP contribution in [0.2, 0.25) is 0 Å². The number of likely N-dealkylation sites (tertiary alicyclic amines) is 1. The van der Waals surface area contributed by atoms with Gasteiger partial charge < -0.3 is 10.2 Å². The van der Waals surface area contributed by atoms with Crippen molar-refractivity contribution in [2.45, 2.75) is 32.7 Å². The fourth-order valence-corrected chi connectivity index (χ4v) is 2.10. The average Bonchev–Trinajstić information content (AvgIpc) is 2.05. The third-order valence-corrected chi connectivity index (χ3v) is 2.89. The minimum atomic E-state index is 0.692. The molecule has 1 fully saturated rings. The first-order valence-electron chi connectivity index (χ1n) is 5.16. The molecule has 12 heavy (non-hydrogen) atoms. The van der Waals surface area contributed by atoms with E-state index in [1.807, 2.05) is 0 Å². The van der Waals surface area contributed by atoms with Gasteiger partial charge in [-0.2, -0.15) is 0 Å². The van der Waals surface area contributed by atoms with E-state index < -0.39 is 0 Å². The minimum absolute atomic E-state index is 0.692. The van der Waals surface area contributed by atoms with E-state index >= 15 is 0 Å². The van der Waals surface area contributed by atoms with E-state index in [-0.39, 0.29) is 0 Å². The summed E-state index contributed by atoms with van der Waals surface area (Å²) in [6.45, 7) is 8.15. The van der Waals surface area contributed by atoms with Crippen LogP contribution in [0.1, 0.15) is 26.7 Å². The van der Waals surface area contributed by atoms with Crippen LogP contribution in [-0.2, 0) is 0 Å². The molecular weight excluding hydrogens is 148 g/mol. The van der Waals surface area contributed by atoms with Crippen molar-refractivity contribution in [2.24, 2.45) is 5.92 Å². The van der Waals surface area contributed by atoms with Gasteiger partial charge in [0.25, 0.3) is 0 Å². The summed E-state index contributed by atoms with van der Waals surface area (Å²) in [5, 5.41) is 3.51. The molecule has 2 unspecified atom stereocenters. The Morgan fingerprint density at radius 2 is 2.33 bits per heavy atom. The topological polar surface area (TPSA) is 15.3 Å². The standard InChI is InChI=1S/C10H22N2/c1-4-11-9(2)10-6-5-7-12(3)8-10/h9-11H,4-8H2,1-3H3. The molecule has 1 heterocycles. The molecule has 0 radical (unpaired) electrons. The molecule has 1 aliphatic rings. The van der Waals surface area contributed by atoms with Crippen LogP contribution in [0, 0.1) is 5.92 Å². The van der Waals surface area contributed by atoms with Gasteiger partial charge in [0, 0.05) is 12.6 Å². The molecule has 2 heteroatoms. The van der Waals surface area contributed by atoms with E-state index in [1.54, 1.807) is 0 Å². The van der Waals surface area contributed by atoms with Gasteiger partial charge in [-0.25, -0.2) is 0 Å². The van der Waals surface area contributed by atoms with Crippen molar-refractivity contribution < 1.29 is 0 Å². The summed E-state index contributed by atoms with van der Waals surface area (Å²) in [6, 6.07) is 0.692. The van der Waals surface area contributed by atoms with Crippen molar-refractivity contribution in [3.63, 3.8) is 0 Å². The molecule has 2 atom stereocenters. The van der Waals surface area contributed by atoms with Crippen LogP contribution in [0.4, 0.5) is 0 Å². The SMILES string of the molecule is CCNC(C)C1CCCN(C)C1. The zero-order valence-electron chi connectivity index (χ0n) is 8.64. The Bertz CT molecular complexity index is 125. The molecule has 0 aromatic heterocycles. The largest absolute Gasteiger partial charge is 0.314 e. The summed E-state index contributed by atoms with van der Waals surface area (Å²) < 4.78 is 0. The lowest BCUT2D eigenvalue weighted by Crippen LogP contribution is -2.42. The molecular formula is C10H22N2. The normalized spacial score (nSPS) is 28.8. The van der Waals surface area contributed by atoms with E-state index in [4.69, 9.17) is 0 Å². The fourth-order valence-electron chi connectivity index (χ4n) is 2.10. The highest BCUT2D eigenvalue weighted by molar-refractivity contribution is 4.78. The summed E-state index contributed by atoms with van der Waals surface area (Å²) >= 11 is 0. The molecule has 0 saturated carbocycles. The molecule has 1 aliphatic heterocycles. The van der Waals surface area contributed by atoms with Gasteiger partial charge in [-0.1, -0.05) is 6.92 Å². The lowest BCUT2D eigenvalue weighted by atomic mass is 9.92. The van der Waals surface area contributed by atoms with E-state index in [1.165, 1.54) is 25.9 Å². The number of piperidine rings is 1. The second-order valence-electron chi connectivity index (χ2n) is 4.01. The number of nitrogens with zero attached hydrogens (tertiary/aromatic N) is 1. The third-order valence-electron chi connectivity index (χ3n) is 2.89. The van der Waals surface area contributed by atoms with E-state index in [0.29, 0.717) is 6.04 Å². The van der Waals surface area contributed by atoms with Crippen LogP contribution in [-0.4, -0.2) is 37.6 Å². The zero-order valence-corrected chi connectivity index (χ0v) is 8.64. The number of hydrogen-bond acceptors (Lipinski definition) is 2.